The number of nitrogens with one attached hydrogen (secondary N) is 2. The molecule has 0 heterocycles. The van der Waals surface area contributed by atoms with Gasteiger partial charge in [-0.15, -0.1) is 0 Å². The Hall–Kier alpha value is -2.82. The van der Waals surface area contributed by atoms with E-state index in [1.54, 1.807) is 24.3 Å². The summed E-state index contributed by atoms with van der Waals surface area (Å²) in [5.41, 5.74) is 2.69. The first kappa shape index (κ1) is 18.5. The summed E-state index contributed by atoms with van der Waals surface area (Å²) in [7, 11) is 0. The molecule has 2 aromatic rings. The Morgan fingerprint density at radius 3 is 2.25 bits per heavy atom. The van der Waals surface area contributed by atoms with Gasteiger partial charge in [-0.25, -0.2) is 0 Å². The maximum atomic E-state index is 12.6. The Bertz CT molecular complexity index is 866. The summed E-state index contributed by atoms with van der Waals surface area (Å²) in [4.78, 5) is 24.9. The third kappa shape index (κ3) is 4.53. The highest BCUT2D eigenvalue weighted by Crippen LogP contribution is 2.25. The van der Waals surface area contributed by atoms with Gasteiger partial charge in [-0.3, -0.25) is 9.59 Å². The van der Waals surface area contributed by atoms with Gasteiger partial charge < -0.3 is 15.4 Å². The molecule has 0 saturated heterocycles. The molecule has 0 unspecified atom stereocenters. The Labute approximate surface area is 165 Å². The average Bonchev–Trinajstić information content (AvgIpc) is 3.36. The lowest BCUT2D eigenvalue weighted by molar-refractivity contribution is 0.0949. The molecule has 2 aliphatic carbocycles. The zero-order valence-corrected chi connectivity index (χ0v) is 16.2. The van der Waals surface area contributed by atoms with E-state index in [0.717, 1.165) is 37.0 Å². The molecular weight excluding hydrogens is 352 g/mol. The molecule has 2 saturated carbocycles. The summed E-state index contributed by atoms with van der Waals surface area (Å²) >= 11 is 0. The van der Waals surface area contributed by atoms with E-state index in [-0.39, 0.29) is 11.8 Å². The predicted octanol–water partition coefficient (Wildman–Crippen LogP) is 4.46. The Balaban J connectivity index is 1.41. The van der Waals surface area contributed by atoms with Crippen molar-refractivity contribution in [2.45, 2.75) is 57.6 Å². The lowest BCUT2D eigenvalue weighted by Crippen LogP contribution is -2.25. The van der Waals surface area contributed by atoms with E-state index < -0.39 is 0 Å². The van der Waals surface area contributed by atoms with Crippen molar-refractivity contribution in [2.75, 3.05) is 5.32 Å². The van der Waals surface area contributed by atoms with Gasteiger partial charge in [0.1, 0.15) is 5.75 Å². The van der Waals surface area contributed by atoms with Crippen LogP contribution in [0.25, 0.3) is 0 Å². The molecule has 0 radical (unpaired) electrons. The van der Waals surface area contributed by atoms with Crippen molar-refractivity contribution in [1.29, 1.82) is 0 Å². The van der Waals surface area contributed by atoms with Crippen LogP contribution >= 0.6 is 0 Å². The quantitative estimate of drug-likeness (QED) is 0.780. The molecule has 0 aliphatic heterocycles. The van der Waals surface area contributed by atoms with Crippen molar-refractivity contribution in [3.63, 3.8) is 0 Å². The summed E-state index contributed by atoms with van der Waals surface area (Å²) in [6.07, 6.45) is 7.04. The largest absolute Gasteiger partial charge is 0.490 e. The van der Waals surface area contributed by atoms with Crippen LogP contribution in [-0.4, -0.2) is 24.0 Å². The second kappa shape index (κ2) is 8.05. The van der Waals surface area contributed by atoms with E-state index in [1.807, 2.05) is 25.1 Å². The van der Waals surface area contributed by atoms with Crippen LogP contribution in [0, 0.1) is 6.92 Å². The van der Waals surface area contributed by atoms with Gasteiger partial charge in [0.15, 0.2) is 0 Å². The van der Waals surface area contributed by atoms with E-state index in [2.05, 4.69) is 10.6 Å². The lowest BCUT2D eigenvalue weighted by atomic mass is 10.1. The van der Waals surface area contributed by atoms with Gasteiger partial charge in [0, 0.05) is 22.9 Å². The van der Waals surface area contributed by atoms with Gasteiger partial charge in [-0.05, 0) is 87.4 Å². The van der Waals surface area contributed by atoms with Gasteiger partial charge in [0.25, 0.3) is 11.8 Å². The monoisotopic (exact) mass is 378 g/mol. The van der Waals surface area contributed by atoms with E-state index in [9.17, 15) is 9.59 Å². The molecule has 5 nitrogen and oxygen atoms in total. The highest BCUT2D eigenvalue weighted by molar-refractivity contribution is 6.05. The van der Waals surface area contributed by atoms with E-state index in [1.165, 1.54) is 12.8 Å². The van der Waals surface area contributed by atoms with Gasteiger partial charge in [0.2, 0.25) is 0 Å². The number of benzene rings is 2. The first-order valence-electron chi connectivity index (χ1n) is 10.1. The molecule has 4 rings (SSSR count). The third-order valence-electron chi connectivity index (χ3n) is 5.38. The molecule has 2 fully saturated rings. The van der Waals surface area contributed by atoms with Crippen LogP contribution in [0.2, 0.25) is 0 Å². The first-order chi connectivity index (χ1) is 13.6. The summed E-state index contributed by atoms with van der Waals surface area (Å²) in [5, 5.41) is 5.90. The number of aryl methyl sites for hydroxylation is 1. The number of anilines is 1. The van der Waals surface area contributed by atoms with E-state index in [4.69, 9.17) is 4.74 Å². The van der Waals surface area contributed by atoms with E-state index in [0.29, 0.717) is 29.0 Å². The van der Waals surface area contributed by atoms with Crippen LogP contribution in [0.5, 0.6) is 5.75 Å². The van der Waals surface area contributed by atoms with Crippen LogP contribution in [-0.2, 0) is 0 Å². The topological polar surface area (TPSA) is 67.4 Å². The molecular formula is C23H26N2O3. The summed E-state index contributed by atoms with van der Waals surface area (Å²) in [6, 6.07) is 12.9. The number of ether oxygens (including phenoxy) is 1. The van der Waals surface area contributed by atoms with Gasteiger partial charge in [-0.2, -0.15) is 0 Å². The van der Waals surface area contributed by atoms with Crippen molar-refractivity contribution >= 4 is 17.5 Å². The minimum absolute atomic E-state index is 0.0913. The molecule has 5 heteroatoms. The summed E-state index contributed by atoms with van der Waals surface area (Å²) < 4.78 is 5.95. The highest BCUT2D eigenvalue weighted by Gasteiger charge is 2.24. The van der Waals surface area contributed by atoms with Crippen LogP contribution in [0.4, 0.5) is 5.69 Å². The second-order valence-electron chi connectivity index (χ2n) is 7.78. The zero-order valence-electron chi connectivity index (χ0n) is 16.2. The molecule has 0 atom stereocenters. The molecule has 28 heavy (non-hydrogen) atoms. The number of hydrogen-bond acceptors (Lipinski definition) is 3. The average molecular weight is 378 g/mol. The molecule has 2 N–H and O–H groups in total. The van der Waals surface area contributed by atoms with Crippen molar-refractivity contribution < 1.29 is 14.3 Å². The van der Waals surface area contributed by atoms with Crippen molar-refractivity contribution in [3.05, 3.63) is 59.2 Å². The SMILES string of the molecule is Cc1ccc(C(=O)NC2CC2)cc1NC(=O)c1ccc(OC2CCCC2)cc1. The fourth-order valence-corrected chi connectivity index (χ4v) is 3.47. The fraction of sp³-hybridized carbons (Fsp3) is 0.391. The molecule has 2 aromatic carbocycles. The summed E-state index contributed by atoms with van der Waals surface area (Å²) in [5.74, 6) is 0.514. The maximum Gasteiger partial charge on any atom is 0.255 e. The maximum absolute atomic E-state index is 12.6. The fourth-order valence-electron chi connectivity index (χ4n) is 3.47. The molecule has 0 bridgehead atoms. The van der Waals surface area contributed by atoms with Gasteiger partial charge >= 0.3 is 0 Å². The third-order valence-corrected chi connectivity index (χ3v) is 5.38. The zero-order chi connectivity index (χ0) is 19.5. The van der Waals surface area contributed by atoms with Crippen LogP contribution in [0.1, 0.15) is 64.8 Å². The first-order valence-corrected chi connectivity index (χ1v) is 10.1. The molecule has 146 valence electrons. The number of hydrogen-bond donors (Lipinski definition) is 2. The predicted molar refractivity (Wildman–Crippen MR) is 109 cm³/mol. The normalized spacial score (nSPS) is 16.6. The van der Waals surface area contributed by atoms with Crippen LogP contribution in [0.3, 0.4) is 0 Å². The summed E-state index contributed by atoms with van der Waals surface area (Å²) in [6.45, 7) is 1.91. The standard InChI is InChI=1S/C23H26N2O3/c1-15-6-7-17(23(27)24-18-10-11-18)14-21(15)25-22(26)16-8-12-20(13-9-16)28-19-4-2-3-5-19/h6-9,12-14,18-19H,2-5,10-11H2,1H3,(H,24,27)(H,25,26). The second-order valence-corrected chi connectivity index (χ2v) is 7.78. The molecule has 2 amide bonds. The van der Waals surface area contributed by atoms with E-state index >= 15 is 0 Å². The Kier molecular flexibility index (Phi) is 5.33. The molecule has 0 spiro atoms. The Morgan fingerprint density at radius 2 is 1.57 bits per heavy atom. The minimum Gasteiger partial charge on any atom is -0.490 e. The minimum atomic E-state index is -0.199. The number of rotatable bonds is 6. The number of carbonyl (C=O) groups is 2. The lowest BCUT2D eigenvalue weighted by Gasteiger charge is -2.14. The van der Waals surface area contributed by atoms with Crippen molar-refractivity contribution in [2.24, 2.45) is 0 Å². The van der Waals surface area contributed by atoms with Gasteiger partial charge in [0.05, 0.1) is 6.10 Å². The number of carbonyl (C=O) groups excluding carboxylic acids is 2. The highest BCUT2D eigenvalue weighted by atomic mass is 16.5. The molecule has 2 aliphatic rings. The van der Waals surface area contributed by atoms with Crippen molar-refractivity contribution in [1.82, 2.24) is 5.32 Å². The smallest absolute Gasteiger partial charge is 0.255 e. The van der Waals surface area contributed by atoms with Crippen LogP contribution < -0.4 is 15.4 Å². The van der Waals surface area contributed by atoms with Crippen molar-refractivity contribution in [3.8, 4) is 5.75 Å². The number of amides is 2. The Morgan fingerprint density at radius 1 is 0.893 bits per heavy atom. The molecule has 0 aromatic heterocycles. The van der Waals surface area contributed by atoms with Crippen LogP contribution in [0.15, 0.2) is 42.5 Å². The van der Waals surface area contributed by atoms with Gasteiger partial charge in [-0.1, -0.05) is 6.07 Å².